The molecule has 2 amide bonds. The topological polar surface area (TPSA) is 71.3 Å². The van der Waals surface area contributed by atoms with Gasteiger partial charge in [0.15, 0.2) is 0 Å². The number of nitrogens with one attached hydrogen (secondary N) is 2. The average molecular weight is 401 g/mol. The molecule has 0 aliphatic carbocycles. The lowest BCUT2D eigenvalue weighted by molar-refractivity contribution is -0.118. The zero-order valence-electron chi connectivity index (χ0n) is 14.3. The fraction of sp³-hybridized carbons (Fsp3) is 0.100. The number of furan rings is 1. The Morgan fingerprint density at radius 3 is 2.52 bits per heavy atom. The third kappa shape index (κ3) is 5.64. The van der Waals surface area contributed by atoms with Gasteiger partial charge >= 0.3 is 0 Å². The first kappa shape index (κ1) is 19.1. The molecule has 0 aliphatic heterocycles. The molecule has 3 rings (SSSR count). The molecule has 5 nitrogen and oxygen atoms in total. The van der Waals surface area contributed by atoms with Crippen molar-refractivity contribution in [1.82, 2.24) is 5.32 Å². The van der Waals surface area contributed by atoms with Gasteiger partial charge in [0.2, 0.25) is 5.91 Å². The number of benzene rings is 2. The predicted molar refractivity (Wildman–Crippen MR) is 107 cm³/mol. The molecule has 0 saturated heterocycles. The minimum Gasteiger partial charge on any atom is -0.467 e. The number of hydrogen-bond donors (Lipinski definition) is 2. The Labute approximate surface area is 166 Å². The molecule has 1 heterocycles. The summed E-state index contributed by atoms with van der Waals surface area (Å²) in [6.45, 7) is 0.338. The molecule has 0 radical (unpaired) electrons. The smallest absolute Gasteiger partial charge is 0.256 e. The van der Waals surface area contributed by atoms with Crippen LogP contribution in [0.3, 0.4) is 0 Å². The van der Waals surface area contributed by atoms with E-state index in [4.69, 9.17) is 16.0 Å². The Kier molecular flexibility index (Phi) is 6.57. The van der Waals surface area contributed by atoms with Gasteiger partial charge in [-0.15, -0.1) is 11.8 Å². The molecule has 1 aromatic heterocycles. The summed E-state index contributed by atoms with van der Waals surface area (Å²) in [6.07, 6.45) is 1.56. The molecule has 0 atom stereocenters. The standard InChI is InChI=1S/C20H17ClN2O3S/c21-14-7-9-15(10-8-14)23-20(25)17-5-1-2-6-18(17)27-13-19(24)22-12-16-4-3-11-26-16/h1-11H,12-13H2,(H,22,24)(H,23,25). The van der Waals surface area contributed by atoms with Crippen LogP contribution in [-0.4, -0.2) is 17.6 Å². The maximum atomic E-state index is 12.6. The van der Waals surface area contributed by atoms with Gasteiger partial charge in [0, 0.05) is 15.6 Å². The van der Waals surface area contributed by atoms with Gasteiger partial charge in [0.1, 0.15) is 5.76 Å². The summed E-state index contributed by atoms with van der Waals surface area (Å²) in [6, 6.07) is 17.6. The summed E-state index contributed by atoms with van der Waals surface area (Å²) in [4.78, 5) is 25.3. The Bertz CT molecular complexity index is 911. The first-order valence-electron chi connectivity index (χ1n) is 8.19. The fourth-order valence-corrected chi connectivity index (χ4v) is 3.31. The normalized spacial score (nSPS) is 10.4. The van der Waals surface area contributed by atoms with Crippen LogP contribution in [0.5, 0.6) is 0 Å². The zero-order valence-corrected chi connectivity index (χ0v) is 15.8. The Morgan fingerprint density at radius 2 is 1.78 bits per heavy atom. The second kappa shape index (κ2) is 9.30. The number of amides is 2. The van der Waals surface area contributed by atoms with Gasteiger partial charge in [-0.3, -0.25) is 9.59 Å². The molecule has 7 heteroatoms. The largest absolute Gasteiger partial charge is 0.467 e. The second-order valence-electron chi connectivity index (χ2n) is 5.60. The van der Waals surface area contributed by atoms with Gasteiger partial charge in [-0.25, -0.2) is 0 Å². The molecule has 0 fully saturated rings. The first-order chi connectivity index (χ1) is 13.1. The number of thioether (sulfide) groups is 1. The number of carbonyl (C=O) groups is 2. The van der Waals surface area contributed by atoms with E-state index in [1.54, 1.807) is 54.8 Å². The third-order valence-corrected chi connectivity index (χ3v) is 4.96. The summed E-state index contributed by atoms with van der Waals surface area (Å²) in [5, 5.41) is 6.22. The van der Waals surface area contributed by atoms with Crippen LogP contribution in [0, 0.1) is 0 Å². The van der Waals surface area contributed by atoms with Crippen LogP contribution in [-0.2, 0) is 11.3 Å². The molecule has 2 aromatic carbocycles. The summed E-state index contributed by atoms with van der Waals surface area (Å²) >= 11 is 7.17. The maximum absolute atomic E-state index is 12.6. The number of anilines is 1. The van der Waals surface area contributed by atoms with E-state index in [9.17, 15) is 9.59 Å². The minimum atomic E-state index is -0.239. The van der Waals surface area contributed by atoms with Crippen molar-refractivity contribution in [2.75, 3.05) is 11.1 Å². The van der Waals surface area contributed by atoms with Crippen molar-refractivity contribution in [2.24, 2.45) is 0 Å². The zero-order chi connectivity index (χ0) is 19.1. The van der Waals surface area contributed by atoms with Gasteiger partial charge in [0.05, 0.1) is 24.1 Å². The molecular weight excluding hydrogens is 384 g/mol. The van der Waals surface area contributed by atoms with Crippen LogP contribution in [0.15, 0.2) is 76.2 Å². The molecule has 27 heavy (non-hydrogen) atoms. The fourth-order valence-electron chi connectivity index (χ4n) is 2.30. The highest BCUT2D eigenvalue weighted by atomic mass is 35.5. The van der Waals surface area contributed by atoms with Crippen molar-refractivity contribution in [3.05, 3.63) is 83.3 Å². The van der Waals surface area contributed by atoms with E-state index in [-0.39, 0.29) is 17.6 Å². The molecule has 0 bridgehead atoms. The quantitative estimate of drug-likeness (QED) is 0.569. The highest BCUT2D eigenvalue weighted by Crippen LogP contribution is 2.24. The lowest BCUT2D eigenvalue weighted by Gasteiger charge is -2.10. The number of halogens is 1. The first-order valence-corrected chi connectivity index (χ1v) is 9.56. The molecule has 0 unspecified atom stereocenters. The van der Waals surface area contributed by atoms with E-state index >= 15 is 0 Å². The third-order valence-electron chi connectivity index (χ3n) is 3.63. The Balaban J connectivity index is 1.58. The van der Waals surface area contributed by atoms with Crippen molar-refractivity contribution in [2.45, 2.75) is 11.4 Å². The molecule has 2 N–H and O–H groups in total. The lowest BCUT2D eigenvalue weighted by Crippen LogP contribution is -2.24. The highest BCUT2D eigenvalue weighted by Gasteiger charge is 2.13. The monoisotopic (exact) mass is 400 g/mol. The minimum absolute atomic E-state index is 0.135. The van der Waals surface area contributed by atoms with Crippen LogP contribution in [0.25, 0.3) is 0 Å². The van der Waals surface area contributed by atoms with Crippen LogP contribution in [0.1, 0.15) is 16.1 Å². The Hall–Kier alpha value is -2.70. The van der Waals surface area contributed by atoms with Crippen molar-refractivity contribution < 1.29 is 14.0 Å². The van der Waals surface area contributed by atoms with E-state index in [1.807, 2.05) is 12.1 Å². The average Bonchev–Trinajstić information content (AvgIpc) is 3.20. The van der Waals surface area contributed by atoms with Gasteiger partial charge in [-0.1, -0.05) is 23.7 Å². The molecular formula is C20H17ClN2O3S. The summed E-state index contributed by atoms with van der Waals surface area (Å²) in [5.41, 5.74) is 1.16. The van der Waals surface area contributed by atoms with Gasteiger partial charge in [-0.2, -0.15) is 0 Å². The van der Waals surface area contributed by atoms with Gasteiger partial charge in [-0.05, 0) is 48.5 Å². The van der Waals surface area contributed by atoms with Crippen LogP contribution in [0.2, 0.25) is 5.02 Å². The Morgan fingerprint density at radius 1 is 1.00 bits per heavy atom. The van der Waals surface area contributed by atoms with Crippen molar-refractivity contribution in [1.29, 1.82) is 0 Å². The lowest BCUT2D eigenvalue weighted by atomic mass is 10.2. The van der Waals surface area contributed by atoms with Crippen molar-refractivity contribution >= 4 is 40.9 Å². The van der Waals surface area contributed by atoms with Crippen LogP contribution < -0.4 is 10.6 Å². The van der Waals surface area contributed by atoms with Crippen molar-refractivity contribution in [3.63, 3.8) is 0 Å². The van der Waals surface area contributed by atoms with Crippen LogP contribution in [0.4, 0.5) is 5.69 Å². The molecule has 3 aromatic rings. The summed E-state index contributed by atoms with van der Waals surface area (Å²) in [5.74, 6) is 0.517. The van der Waals surface area contributed by atoms with Gasteiger partial charge in [0.25, 0.3) is 5.91 Å². The van der Waals surface area contributed by atoms with E-state index in [0.717, 1.165) is 4.90 Å². The maximum Gasteiger partial charge on any atom is 0.256 e. The van der Waals surface area contributed by atoms with E-state index in [2.05, 4.69) is 10.6 Å². The van der Waals surface area contributed by atoms with E-state index in [0.29, 0.717) is 28.6 Å². The predicted octanol–water partition coefficient (Wildman–Crippen LogP) is 4.59. The molecule has 0 spiro atoms. The number of carbonyl (C=O) groups excluding carboxylic acids is 2. The molecule has 0 aliphatic rings. The number of rotatable bonds is 7. The van der Waals surface area contributed by atoms with Crippen molar-refractivity contribution in [3.8, 4) is 0 Å². The number of hydrogen-bond acceptors (Lipinski definition) is 4. The molecule has 0 saturated carbocycles. The van der Waals surface area contributed by atoms with E-state index in [1.165, 1.54) is 11.8 Å². The van der Waals surface area contributed by atoms with Crippen LogP contribution >= 0.6 is 23.4 Å². The summed E-state index contributed by atoms with van der Waals surface area (Å²) < 4.78 is 5.18. The summed E-state index contributed by atoms with van der Waals surface area (Å²) in [7, 11) is 0. The van der Waals surface area contributed by atoms with E-state index < -0.39 is 0 Å². The molecule has 138 valence electrons. The SMILES string of the molecule is O=C(CSc1ccccc1C(=O)Nc1ccc(Cl)cc1)NCc1ccco1. The highest BCUT2D eigenvalue weighted by molar-refractivity contribution is 8.00. The van der Waals surface area contributed by atoms with Gasteiger partial charge < -0.3 is 15.1 Å². The second-order valence-corrected chi connectivity index (χ2v) is 7.06.